The first-order valence-electron chi connectivity index (χ1n) is 9.77. The number of piperazine rings is 1. The summed E-state index contributed by atoms with van der Waals surface area (Å²) in [4.78, 5) is 33.6. The van der Waals surface area contributed by atoms with Gasteiger partial charge in [-0.3, -0.25) is 9.59 Å². The number of amides is 1. The highest BCUT2D eigenvalue weighted by atomic mass is 35.5. The van der Waals surface area contributed by atoms with Crippen LogP contribution in [0, 0.1) is 0 Å². The van der Waals surface area contributed by atoms with Gasteiger partial charge < -0.3 is 9.80 Å². The summed E-state index contributed by atoms with van der Waals surface area (Å²) in [5.41, 5.74) is 1.57. The molecule has 0 unspecified atom stereocenters. The maximum absolute atomic E-state index is 12.5. The fourth-order valence-electron chi connectivity index (χ4n) is 3.58. The van der Waals surface area contributed by atoms with E-state index in [2.05, 4.69) is 11.0 Å². The number of hydrogen-bond donors (Lipinski definition) is 0. The number of carbonyl (C=O) groups is 2. The van der Waals surface area contributed by atoms with Gasteiger partial charge in [0.15, 0.2) is 5.78 Å². The van der Waals surface area contributed by atoms with Crippen LogP contribution >= 0.6 is 11.6 Å². The normalized spacial score (nSPS) is 14.2. The van der Waals surface area contributed by atoms with Gasteiger partial charge in [-0.2, -0.15) is 0 Å². The predicted octanol–water partition coefficient (Wildman–Crippen LogP) is 4.20. The highest BCUT2D eigenvalue weighted by molar-refractivity contribution is 6.30. The Morgan fingerprint density at radius 1 is 0.862 bits per heavy atom. The number of hydrogen-bond acceptors (Lipinski definition) is 4. The van der Waals surface area contributed by atoms with E-state index in [1.54, 1.807) is 24.3 Å². The molecular weight excluding hydrogens is 386 g/mol. The second-order valence-electron chi connectivity index (χ2n) is 7.16. The molecule has 0 saturated carbocycles. The van der Waals surface area contributed by atoms with Gasteiger partial charge >= 0.3 is 0 Å². The van der Waals surface area contributed by atoms with Crippen LogP contribution in [0.25, 0.3) is 10.9 Å². The van der Waals surface area contributed by atoms with Crippen molar-refractivity contribution in [2.24, 2.45) is 0 Å². The highest BCUT2D eigenvalue weighted by Crippen LogP contribution is 2.20. The van der Waals surface area contributed by atoms with Crippen molar-refractivity contribution in [1.82, 2.24) is 9.88 Å². The molecule has 1 saturated heterocycles. The van der Waals surface area contributed by atoms with Crippen LogP contribution in [-0.4, -0.2) is 47.8 Å². The first-order chi connectivity index (χ1) is 14.1. The van der Waals surface area contributed by atoms with Crippen molar-refractivity contribution in [3.05, 3.63) is 71.2 Å². The third-order valence-electron chi connectivity index (χ3n) is 5.27. The number of nitrogens with zero attached hydrogens (tertiary/aromatic N) is 3. The Kier molecular flexibility index (Phi) is 5.76. The molecule has 4 rings (SSSR count). The summed E-state index contributed by atoms with van der Waals surface area (Å²) < 4.78 is 0. The molecule has 5 nitrogen and oxygen atoms in total. The standard InChI is InChI=1S/C23H22ClN3O2/c24-19-8-5-18(6-9-19)21(28)10-12-23(29)27-15-13-26(14-16-27)22-11-7-17-3-1-2-4-20(17)25-22/h1-9,11H,10,12-16H2. The van der Waals surface area contributed by atoms with Crippen LogP contribution < -0.4 is 4.90 Å². The minimum Gasteiger partial charge on any atom is -0.353 e. The maximum Gasteiger partial charge on any atom is 0.223 e. The summed E-state index contributed by atoms with van der Waals surface area (Å²) in [7, 11) is 0. The van der Waals surface area contributed by atoms with E-state index >= 15 is 0 Å². The van der Waals surface area contributed by atoms with Crippen LogP contribution in [0.2, 0.25) is 5.02 Å². The molecule has 0 radical (unpaired) electrons. The van der Waals surface area contributed by atoms with Gasteiger partial charge in [0.05, 0.1) is 5.52 Å². The van der Waals surface area contributed by atoms with E-state index in [0.29, 0.717) is 23.7 Å². The van der Waals surface area contributed by atoms with Crippen molar-refractivity contribution < 1.29 is 9.59 Å². The van der Waals surface area contributed by atoms with E-state index in [4.69, 9.17) is 16.6 Å². The summed E-state index contributed by atoms with van der Waals surface area (Å²) in [5.74, 6) is 0.932. The topological polar surface area (TPSA) is 53.5 Å². The number of rotatable bonds is 5. The van der Waals surface area contributed by atoms with Crippen molar-refractivity contribution in [2.45, 2.75) is 12.8 Å². The Morgan fingerprint density at radius 3 is 2.34 bits per heavy atom. The molecule has 1 aliphatic heterocycles. The molecule has 0 atom stereocenters. The molecule has 0 spiro atoms. The molecule has 0 aliphatic carbocycles. The Hall–Kier alpha value is -2.92. The molecule has 1 aliphatic rings. The van der Waals surface area contributed by atoms with Crippen LogP contribution in [0.1, 0.15) is 23.2 Å². The molecule has 0 N–H and O–H groups in total. The van der Waals surface area contributed by atoms with Crippen LogP contribution in [-0.2, 0) is 4.79 Å². The van der Waals surface area contributed by atoms with E-state index in [-0.39, 0.29) is 24.5 Å². The van der Waals surface area contributed by atoms with E-state index in [9.17, 15) is 9.59 Å². The number of carbonyl (C=O) groups excluding carboxylic acids is 2. The van der Waals surface area contributed by atoms with Crippen LogP contribution in [0.15, 0.2) is 60.7 Å². The minimum atomic E-state index is -0.0333. The fraction of sp³-hybridized carbons (Fsp3) is 0.261. The smallest absolute Gasteiger partial charge is 0.223 e. The number of aromatic nitrogens is 1. The Bertz CT molecular complexity index is 1030. The van der Waals surface area contributed by atoms with Gasteiger partial charge in [0.25, 0.3) is 0 Å². The number of para-hydroxylation sites is 1. The summed E-state index contributed by atoms with van der Waals surface area (Å²) in [6.45, 7) is 2.76. The molecule has 3 aromatic rings. The van der Waals surface area contributed by atoms with E-state index in [0.717, 1.165) is 29.8 Å². The number of halogens is 1. The average molecular weight is 408 g/mol. The van der Waals surface area contributed by atoms with Crippen molar-refractivity contribution >= 4 is 40.0 Å². The van der Waals surface area contributed by atoms with Crippen LogP contribution in [0.5, 0.6) is 0 Å². The lowest BCUT2D eigenvalue weighted by Crippen LogP contribution is -2.49. The quantitative estimate of drug-likeness (QED) is 0.595. The third-order valence-corrected chi connectivity index (χ3v) is 5.52. The second-order valence-corrected chi connectivity index (χ2v) is 7.60. The zero-order valence-corrected chi connectivity index (χ0v) is 16.8. The largest absolute Gasteiger partial charge is 0.353 e. The summed E-state index contributed by atoms with van der Waals surface area (Å²) in [6.07, 6.45) is 0.447. The third kappa shape index (κ3) is 4.57. The molecule has 1 aromatic heterocycles. The molecular formula is C23H22ClN3O2. The zero-order valence-electron chi connectivity index (χ0n) is 16.1. The number of anilines is 1. The van der Waals surface area contributed by atoms with Crippen molar-refractivity contribution in [3.63, 3.8) is 0 Å². The summed E-state index contributed by atoms with van der Waals surface area (Å²) in [6, 6.07) is 18.9. The number of fused-ring (bicyclic) bond motifs is 1. The molecule has 148 valence electrons. The van der Waals surface area contributed by atoms with E-state index in [1.807, 2.05) is 35.2 Å². The summed E-state index contributed by atoms with van der Waals surface area (Å²) in [5, 5.41) is 1.71. The van der Waals surface area contributed by atoms with E-state index < -0.39 is 0 Å². The highest BCUT2D eigenvalue weighted by Gasteiger charge is 2.22. The number of Topliss-reactive ketones (excluding diaryl/α,β-unsaturated/α-hetero) is 1. The minimum absolute atomic E-state index is 0.0263. The lowest BCUT2D eigenvalue weighted by Gasteiger charge is -2.35. The monoisotopic (exact) mass is 407 g/mol. The van der Waals surface area contributed by atoms with Gasteiger partial charge in [0, 0.05) is 55.0 Å². The first-order valence-corrected chi connectivity index (χ1v) is 10.2. The Balaban J connectivity index is 1.30. The van der Waals surface area contributed by atoms with Gasteiger partial charge in [0.1, 0.15) is 5.82 Å². The summed E-state index contributed by atoms with van der Waals surface area (Å²) >= 11 is 5.85. The molecule has 1 fully saturated rings. The van der Waals surface area contributed by atoms with Gasteiger partial charge in [-0.05, 0) is 42.5 Å². The molecule has 29 heavy (non-hydrogen) atoms. The van der Waals surface area contributed by atoms with Crippen molar-refractivity contribution in [2.75, 3.05) is 31.1 Å². The number of pyridine rings is 1. The fourth-order valence-corrected chi connectivity index (χ4v) is 3.70. The lowest BCUT2D eigenvalue weighted by atomic mass is 10.1. The van der Waals surface area contributed by atoms with Crippen LogP contribution in [0.4, 0.5) is 5.82 Å². The van der Waals surface area contributed by atoms with Gasteiger partial charge in [-0.25, -0.2) is 4.98 Å². The molecule has 1 amide bonds. The Morgan fingerprint density at radius 2 is 1.59 bits per heavy atom. The molecule has 2 aromatic carbocycles. The maximum atomic E-state index is 12.5. The average Bonchev–Trinajstić information content (AvgIpc) is 2.77. The second kappa shape index (κ2) is 8.62. The van der Waals surface area contributed by atoms with Gasteiger partial charge in [-0.1, -0.05) is 29.8 Å². The molecule has 6 heteroatoms. The van der Waals surface area contributed by atoms with E-state index in [1.165, 1.54) is 0 Å². The van der Waals surface area contributed by atoms with Crippen molar-refractivity contribution in [1.29, 1.82) is 0 Å². The van der Waals surface area contributed by atoms with Gasteiger partial charge in [0.2, 0.25) is 5.91 Å². The SMILES string of the molecule is O=C(CCC(=O)N1CCN(c2ccc3ccccc3n2)CC1)c1ccc(Cl)cc1. The molecule has 0 bridgehead atoms. The Labute approximate surface area is 174 Å². The molecule has 2 heterocycles. The predicted molar refractivity (Wildman–Crippen MR) is 116 cm³/mol. The van der Waals surface area contributed by atoms with Gasteiger partial charge in [-0.15, -0.1) is 0 Å². The lowest BCUT2D eigenvalue weighted by molar-refractivity contribution is -0.131. The zero-order chi connectivity index (χ0) is 20.2. The number of benzene rings is 2. The first kappa shape index (κ1) is 19.4. The van der Waals surface area contributed by atoms with Crippen LogP contribution in [0.3, 0.4) is 0 Å². The number of ketones is 1. The van der Waals surface area contributed by atoms with Crippen molar-refractivity contribution in [3.8, 4) is 0 Å².